The molecule has 88 valence electrons. The zero-order valence-corrected chi connectivity index (χ0v) is 8.54. The molecule has 0 amide bonds. The lowest BCUT2D eigenvalue weighted by Crippen LogP contribution is -2.13. The first-order chi connectivity index (χ1) is 7.49. The van der Waals surface area contributed by atoms with Crippen LogP contribution in [0, 0.1) is 0 Å². The maximum atomic E-state index is 12.6. The van der Waals surface area contributed by atoms with Crippen molar-refractivity contribution in [3.05, 3.63) is 17.3 Å². The van der Waals surface area contributed by atoms with Crippen molar-refractivity contribution < 1.29 is 18.3 Å². The second kappa shape index (κ2) is 4.73. The molecule has 0 saturated heterocycles. The van der Waals surface area contributed by atoms with Crippen molar-refractivity contribution in [3.8, 4) is 0 Å². The molecule has 0 atom stereocenters. The summed E-state index contributed by atoms with van der Waals surface area (Å²) in [5.41, 5.74) is 9.43. The fourth-order valence-corrected chi connectivity index (χ4v) is 1.16. The van der Waals surface area contributed by atoms with Crippen LogP contribution in [0.3, 0.4) is 0 Å². The molecule has 0 aliphatic heterocycles. The van der Waals surface area contributed by atoms with Crippen LogP contribution < -0.4 is 11.5 Å². The molecule has 0 aliphatic carbocycles. The first-order valence-corrected chi connectivity index (χ1v) is 4.48. The quantitative estimate of drug-likeness (QED) is 0.766. The Labute approximate surface area is 90.4 Å². The highest BCUT2D eigenvalue weighted by Crippen LogP contribution is 2.31. The second-order valence-electron chi connectivity index (χ2n) is 2.91. The van der Waals surface area contributed by atoms with E-state index >= 15 is 0 Å². The third-order valence-electron chi connectivity index (χ3n) is 1.90. The van der Waals surface area contributed by atoms with Gasteiger partial charge in [-0.3, -0.25) is 0 Å². The van der Waals surface area contributed by atoms with E-state index in [9.17, 15) is 13.6 Å². The topological polar surface area (TPSA) is 91.2 Å². The summed E-state index contributed by atoms with van der Waals surface area (Å²) in [6.45, 7) is 1.71. The van der Waals surface area contributed by atoms with Gasteiger partial charge in [-0.25, -0.2) is 18.6 Å². The van der Waals surface area contributed by atoms with Crippen molar-refractivity contribution in [2.45, 2.75) is 13.3 Å². The number of aromatic nitrogens is 1. The van der Waals surface area contributed by atoms with Gasteiger partial charge in [0, 0.05) is 6.20 Å². The number of halogens is 2. The molecule has 5 nitrogen and oxygen atoms in total. The number of alkyl halides is 2. The standard InChI is InChI=1S/C9H11F2N3O2/c1-2-16-9(15)4-3-14-8(13)5(6(4)12)7(10)11/h3,7H,2H2,1H3,(H4,12,13,14). The summed E-state index contributed by atoms with van der Waals surface area (Å²) in [5, 5.41) is 0. The second-order valence-corrected chi connectivity index (χ2v) is 2.91. The first kappa shape index (κ1) is 12.2. The van der Waals surface area contributed by atoms with E-state index in [2.05, 4.69) is 9.72 Å². The molecule has 1 aromatic rings. The van der Waals surface area contributed by atoms with Gasteiger partial charge in [0.25, 0.3) is 6.43 Å². The first-order valence-electron chi connectivity index (χ1n) is 4.48. The fraction of sp³-hybridized carbons (Fsp3) is 0.333. The molecule has 1 aromatic heterocycles. The molecule has 7 heteroatoms. The van der Waals surface area contributed by atoms with Crippen LogP contribution in [-0.2, 0) is 4.74 Å². The Morgan fingerprint density at radius 2 is 2.19 bits per heavy atom. The van der Waals surface area contributed by atoms with E-state index in [0.717, 1.165) is 6.20 Å². The van der Waals surface area contributed by atoms with Gasteiger partial charge in [0.05, 0.1) is 17.9 Å². The van der Waals surface area contributed by atoms with Gasteiger partial charge in [0.15, 0.2) is 0 Å². The van der Waals surface area contributed by atoms with Gasteiger partial charge in [0.1, 0.15) is 11.4 Å². The maximum Gasteiger partial charge on any atom is 0.341 e. The monoisotopic (exact) mass is 231 g/mol. The van der Waals surface area contributed by atoms with Crippen LogP contribution >= 0.6 is 0 Å². The number of anilines is 2. The Bertz CT molecular complexity index is 410. The van der Waals surface area contributed by atoms with Crippen molar-refractivity contribution in [3.63, 3.8) is 0 Å². The number of pyridine rings is 1. The normalized spacial score (nSPS) is 10.5. The van der Waals surface area contributed by atoms with Crippen molar-refractivity contribution in [1.82, 2.24) is 4.98 Å². The van der Waals surface area contributed by atoms with Gasteiger partial charge in [-0.1, -0.05) is 0 Å². The van der Waals surface area contributed by atoms with Crippen LogP contribution in [0.5, 0.6) is 0 Å². The number of ether oxygens (including phenoxy) is 1. The number of hydrogen-bond donors (Lipinski definition) is 2. The van der Waals surface area contributed by atoms with E-state index in [1.54, 1.807) is 6.92 Å². The zero-order chi connectivity index (χ0) is 12.3. The number of esters is 1. The lowest BCUT2D eigenvalue weighted by Gasteiger charge is -2.11. The van der Waals surface area contributed by atoms with E-state index in [4.69, 9.17) is 11.5 Å². The van der Waals surface area contributed by atoms with E-state index in [1.165, 1.54) is 0 Å². The summed E-state index contributed by atoms with van der Waals surface area (Å²) in [6, 6.07) is 0. The minimum atomic E-state index is -2.89. The number of nitrogens with zero attached hydrogens (tertiary/aromatic N) is 1. The molecule has 0 aliphatic rings. The Hall–Kier alpha value is -1.92. The zero-order valence-electron chi connectivity index (χ0n) is 8.54. The lowest BCUT2D eigenvalue weighted by atomic mass is 10.1. The van der Waals surface area contributed by atoms with Crippen molar-refractivity contribution in [2.75, 3.05) is 18.1 Å². The minimum Gasteiger partial charge on any atom is -0.462 e. The van der Waals surface area contributed by atoms with Crippen LogP contribution in [-0.4, -0.2) is 17.6 Å². The van der Waals surface area contributed by atoms with E-state index in [1.807, 2.05) is 0 Å². The predicted octanol–water partition coefficient (Wildman–Crippen LogP) is 1.36. The van der Waals surface area contributed by atoms with Crippen molar-refractivity contribution in [2.24, 2.45) is 0 Å². The van der Waals surface area contributed by atoms with E-state index in [0.29, 0.717) is 0 Å². The SMILES string of the molecule is CCOC(=O)c1cnc(N)c(C(F)F)c1N. The van der Waals surface area contributed by atoms with Crippen LogP contribution in [0.25, 0.3) is 0 Å². The summed E-state index contributed by atoms with van der Waals surface area (Å²) in [6.07, 6.45) is -1.86. The summed E-state index contributed by atoms with van der Waals surface area (Å²) >= 11 is 0. The summed E-state index contributed by atoms with van der Waals surface area (Å²) in [5.74, 6) is -1.19. The maximum absolute atomic E-state index is 12.6. The highest BCUT2D eigenvalue weighted by Gasteiger charge is 2.22. The summed E-state index contributed by atoms with van der Waals surface area (Å²) < 4.78 is 29.8. The van der Waals surface area contributed by atoms with E-state index in [-0.39, 0.29) is 23.7 Å². The van der Waals surface area contributed by atoms with Gasteiger partial charge < -0.3 is 16.2 Å². The average Bonchev–Trinajstić information content (AvgIpc) is 2.17. The molecule has 0 unspecified atom stereocenters. The fourth-order valence-electron chi connectivity index (χ4n) is 1.16. The Kier molecular flexibility index (Phi) is 3.60. The van der Waals surface area contributed by atoms with Crippen LogP contribution in [0.15, 0.2) is 6.20 Å². The molecule has 0 radical (unpaired) electrons. The molecule has 4 N–H and O–H groups in total. The third kappa shape index (κ3) is 2.18. The Morgan fingerprint density at radius 3 is 2.69 bits per heavy atom. The van der Waals surface area contributed by atoms with Crippen molar-refractivity contribution >= 4 is 17.5 Å². The van der Waals surface area contributed by atoms with Gasteiger partial charge in [-0.2, -0.15) is 0 Å². The molecule has 0 aromatic carbocycles. The number of nitrogen functional groups attached to an aromatic ring is 2. The van der Waals surface area contributed by atoms with Crippen LogP contribution in [0.2, 0.25) is 0 Å². The van der Waals surface area contributed by atoms with Gasteiger partial charge >= 0.3 is 5.97 Å². The molecule has 0 fully saturated rings. The molecular weight excluding hydrogens is 220 g/mol. The number of carbonyl (C=O) groups excluding carboxylic acids is 1. The smallest absolute Gasteiger partial charge is 0.341 e. The average molecular weight is 231 g/mol. The number of rotatable bonds is 3. The third-order valence-corrected chi connectivity index (χ3v) is 1.90. The summed E-state index contributed by atoms with van der Waals surface area (Å²) in [4.78, 5) is 14.8. The number of carbonyl (C=O) groups is 1. The lowest BCUT2D eigenvalue weighted by molar-refractivity contribution is 0.0527. The van der Waals surface area contributed by atoms with Crippen molar-refractivity contribution in [1.29, 1.82) is 0 Å². The van der Waals surface area contributed by atoms with Crippen LogP contribution in [0.1, 0.15) is 29.3 Å². The van der Waals surface area contributed by atoms with E-state index < -0.39 is 18.0 Å². The Balaban J connectivity index is 3.23. The number of nitrogens with two attached hydrogens (primary N) is 2. The highest BCUT2D eigenvalue weighted by atomic mass is 19.3. The number of hydrogen-bond acceptors (Lipinski definition) is 5. The molecule has 0 bridgehead atoms. The largest absolute Gasteiger partial charge is 0.462 e. The predicted molar refractivity (Wildman–Crippen MR) is 54.0 cm³/mol. The minimum absolute atomic E-state index is 0.118. The molecule has 0 saturated carbocycles. The van der Waals surface area contributed by atoms with Gasteiger partial charge in [-0.15, -0.1) is 0 Å². The molecule has 1 heterocycles. The Morgan fingerprint density at radius 1 is 1.56 bits per heavy atom. The van der Waals surface area contributed by atoms with Gasteiger partial charge in [-0.05, 0) is 6.92 Å². The molecule has 1 rings (SSSR count). The molecular formula is C9H11F2N3O2. The summed E-state index contributed by atoms with van der Waals surface area (Å²) in [7, 11) is 0. The molecule has 16 heavy (non-hydrogen) atoms. The molecule has 0 spiro atoms. The highest BCUT2D eigenvalue weighted by molar-refractivity contribution is 5.96. The van der Waals surface area contributed by atoms with Crippen LogP contribution in [0.4, 0.5) is 20.3 Å². The van der Waals surface area contributed by atoms with Gasteiger partial charge in [0.2, 0.25) is 0 Å².